The van der Waals surface area contributed by atoms with Gasteiger partial charge in [-0.05, 0) is 24.3 Å². The predicted molar refractivity (Wildman–Crippen MR) is 68.4 cm³/mol. The molecule has 0 atom stereocenters. The second-order valence-corrected chi connectivity index (χ2v) is 4.06. The van der Waals surface area contributed by atoms with Crippen molar-refractivity contribution in [2.24, 2.45) is 0 Å². The van der Waals surface area contributed by atoms with E-state index in [1.54, 1.807) is 43.3 Å². The third-order valence-corrected chi connectivity index (χ3v) is 2.46. The van der Waals surface area contributed by atoms with E-state index in [2.05, 4.69) is 21.2 Å². The van der Waals surface area contributed by atoms with E-state index in [9.17, 15) is 4.79 Å². The lowest BCUT2D eigenvalue weighted by atomic mass is 10.3. The largest absolute Gasteiger partial charge is 0.497 e. The molecule has 2 amide bonds. The van der Waals surface area contributed by atoms with Crippen molar-refractivity contribution in [1.29, 1.82) is 0 Å². The number of halogens is 1. The molecule has 0 unspecified atom stereocenters. The average molecular weight is 287 g/mol. The summed E-state index contributed by atoms with van der Waals surface area (Å²) < 4.78 is 5.03. The van der Waals surface area contributed by atoms with E-state index < -0.39 is 0 Å². The molecule has 0 saturated heterocycles. The highest BCUT2D eigenvalue weighted by Crippen LogP contribution is 2.15. The minimum atomic E-state index is -0.121. The van der Waals surface area contributed by atoms with Gasteiger partial charge in [0.15, 0.2) is 0 Å². The van der Waals surface area contributed by atoms with Gasteiger partial charge in [0.25, 0.3) is 0 Å². The number of hydrogen-bond acceptors (Lipinski definition) is 2. The molecule has 0 aromatic heterocycles. The van der Waals surface area contributed by atoms with E-state index in [1.165, 1.54) is 0 Å². The number of amides is 2. The first-order valence-electron chi connectivity index (χ1n) is 4.89. The van der Waals surface area contributed by atoms with Crippen LogP contribution in [0, 0.1) is 0 Å². The number of urea groups is 1. The van der Waals surface area contributed by atoms with Crippen molar-refractivity contribution in [2.75, 3.05) is 31.3 Å². The summed E-state index contributed by atoms with van der Waals surface area (Å²) >= 11 is 3.28. The number of ether oxygens (including phenoxy) is 1. The van der Waals surface area contributed by atoms with Gasteiger partial charge in [-0.3, -0.25) is 0 Å². The Morgan fingerprint density at radius 1 is 1.44 bits per heavy atom. The number of methoxy groups -OCH3 is 1. The van der Waals surface area contributed by atoms with Crippen LogP contribution in [0.1, 0.15) is 0 Å². The summed E-state index contributed by atoms with van der Waals surface area (Å²) in [6.45, 7) is 0.669. The molecule has 16 heavy (non-hydrogen) atoms. The molecule has 1 N–H and O–H groups in total. The van der Waals surface area contributed by atoms with E-state index >= 15 is 0 Å². The van der Waals surface area contributed by atoms with Gasteiger partial charge in [-0.1, -0.05) is 15.9 Å². The normalized spacial score (nSPS) is 9.69. The number of nitrogens with zero attached hydrogens (tertiary/aromatic N) is 1. The van der Waals surface area contributed by atoms with Crippen LogP contribution >= 0.6 is 15.9 Å². The van der Waals surface area contributed by atoms with E-state index in [-0.39, 0.29) is 6.03 Å². The maximum Gasteiger partial charge on any atom is 0.321 e. The Balaban J connectivity index is 2.55. The van der Waals surface area contributed by atoms with Crippen LogP contribution in [-0.2, 0) is 0 Å². The Morgan fingerprint density at radius 2 is 2.06 bits per heavy atom. The fourth-order valence-electron chi connectivity index (χ4n) is 1.12. The van der Waals surface area contributed by atoms with Crippen molar-refractivity contribution < 1.29 is 9.53 Å². The lowest BCUT2D eigenvalue weighted by molar-refractivity contribution is 0.225. The van der Waals surface area contributed by atoms with Crippen LogP contribution in [0.15, 0.2) is 24.3 Å². The highest BCUT2D eigenvalue weighted by molar-refractivity contribution is 9.09. The van der Waals surface area contributed by atoms with Gasteiger partial charge in [0.2, 0.25) is 0 Å². The molecule has 0 spiro atoms. The summed E-state index contributed by atoms with van der Waals surface area (Å²) in [4.78, 5) is 13.2. The van der Waals surface area contributed by atoms with Gasteiger partial charge >= 0.3 is 6.03 Å². The zero-order valence-electron chi connectivity index (χ0n) is 9.37. The van der Waals surface area contributed by atoms with Gasteiger partial charge in [-0.25, -0.2) is 4.79 Å². The van der Waals surface area contributed by atoms with Crippen molar-refractivity contribution in [1.82, 2.24) is 4.90 Å². The molecule has 4 nitrogen and oxygen atoms in total. The van der Waals surface area contributed by atoms with Gasteiger partial charge in [0, 0.05) is 24.6 Å². The molecular weight excluding hydrogens is 272 g/mol. The first-order chi connectivity index (χ1) is 7.67. The Bertz CT molecular complexity index is 340. The Morgan fingerprint density at radius 3 is 2.56 bits per heavy atom. The van der Waals surface area contributed by atoms with Crippen molar-refractivity contribution in [3.63, 3.8) is 0 Å². The topological polar surface area (TPSA) is 41.6 Å². The number of hydrogen-bond donors (Lipinski definition) is 1. The van der Waals surface area contributed by atoms with Crippen LogP contribution in [0.2, 0.25) is 0 Å². The number of alkyl halides is 1. The standard InChI is InChI=1S/C11H15BrN2O2/c1-14(8-7-12)11(15)13-9-3-5-10(16-2)6-4-9/h3-6H,7-8H2,1-2H3,(H,13,15). The molecule has 1 rings (SSSR count). The monoisotopic (exact) mass is 286 g/mol. The van der Waals surface area contributed by atoms with Crippen molar-refractivity contribution in [3.8, 4) is 5.75 Å². The molecule has 1 aromatic carbocycles. The SMILES string of the molecule is COc1ccc(NC(=O)N(C)CCBr)cc1. The first-order valence-corrected chi connectivity index (χ1v) is 6.01. The van der Waals surface area contributed by atoms with Crippen molar-refractivity contribution in [2.45, 2.75) is 0 Å². The molecule has 0 fully saturated rings. The summed E-state index contributed by atoms with van der Waals surface area (Å²) in [7, 11) is 3.36. The maximum absolute atomic E-state index is 11.6. The molecule has 0 aliphatic carbocycles. The van der Waals surface area contributed by atoms with Gasteiger partial charge < -0.3 is 15.0 Å². The minimum absolute atomic E-state index is 0.121. The smallest absolute Gasteiger partial charge is 0.321 e. The second kappa shape index (κ2) is 6.37. The molecular formula is C11H15BrN2O2. The zero-order valence-corrected chi connectivity index (χ0v) is 11.0. The minimum Gasteiger partial charge on any atom is -0.497 e. The van der Waals surface area contributed by atoms with E-state index in [1.807, 2.05) is 0 Å². The van der Waals surface area contributed by atoms with Crippen LogP contribution in [0.25, 0.3) is 0 Å². The van der Waals surface area contributed by atoms with Gasteiger partial charge in [0.05, 0.1) is 7.11 Å². The Kier molecular flexibility index (Phi) is 5.11. The first kappa shape index (κ1) is 12.8. The average Bonchev–Trinajstić information content (AvgIpc) is 2.30. The molecule has 0 bridgehead atoms. The zero-order chi connectivity index (χ0) is 12.0. The summed E-state index contributed by atoms with van der Waals surface area (Å²) in [5, 5.41) is 3.55. The molecule has 0 aliphatic heterocycles. The van der Waals surface area contributed by atoms with Gasteiger partial charge in [0.1, 0.15) is 5.75 Å². The summed E-state index contributed by atoms with van der Waals surface area (Å²) in [6.07, 6.45) is 0. The number of carbonyl (C=O) groups excluding carboxylic acids is 1. The molecule has 0 aliphatic rings. The van der Waals surface area contributed by atoms with Gasteiger partial charge in [-0.15, -0.1) is 0 Å². The van der Waals surface area contributed by atoms with E-state index in [0.717, 1.165) is 16.8 Å². The number of benzene rings is 1. The summed E-state index contributed by atoms with van der Waals surface area (Å²) in [5.74, 6) is 0.770. The molecule has 1 aromatic rings. The van der Waals surface area contributed by atoms with Crippen LogP contribution in [0.5, 0.6) is 5.75 Å². The molecule has 0 radical (unpaired) electrons. The maximum atomic E-state index is 11.6. The third-order valence-electron chi connectivity index (χ3n) is 2.11. The van der Waals surface area contributed by atoms with Crippen LogP contribution < -0.4 is 10.1 Å². The van der Waals surface area contributed by atoms with Gasteiger partial charge in [-0.2, -0.15) is 0 Å². The number of rotatable bonds is 4. The summed E-state index contributed by atoms with van der Waals surface area (Å²) in [6, 6.07) is 7.10. The Hall–Kier alpha value is -1.23. The predicted octanol–water partition coefficient (Wildman–Crippen LogP) is 2.55. The number of anilines is 1. The molecule has 5 heteroatoms. The van der Waals surface area contributed by atoms with E-state index in [0.29, 0.717) is 6.54 Å². The quantitative estimate of drug-likeness (QED) is 0.865. The van der Waals surface area contributed by atoms with Crippen molar-refractivity contribution in [3.05, 3.63) is 24.3 Å². The molecule has 0 saturated carbocycles. The fraction of sp³-hybridized carbons (Fsp3) is 0.364. The Labute approximate surface area is 104 Å². The van der Waals surface area contributed by atoms with Crippen LogP contribution in [-0.4, -0.2) is 37.0 Å². The second-order valence-electron chi connectivity index (χ2n) is 3.27. The fourth-order valence-corrected chi connectivity index (χ4v) is 1.65. The molecule has 0 heterocycles. The van der Waals surface area contributed by atoms with Crippen LogP contribution in [0.4, 0.5) is 10.5 Å². The van der Waals surface area contributed by atoms with E-state index in [4.69, 9.17) is 4.74 Å². The van der Waals surface area contributed by atoms with Crippen molar-refractivity contribution >= 4 is 27.6 Å². The lowest BCUT2D eigenvalue weighted by Gasteiger charge is -2.16. The third kappa shape index (κ3) is 3.73. The summed E-state index contributed by atoms with van der Waals surface area (Å²) in [5.41, 5.74) is 0.757. The number of nitrogens with one attached hydrogen (secondary N) is 1. The highest BCUT2D eigenvalue weighted by atomic mass is 79.9. The van der Waals surface area contributed by atoms with Crippen LogP contribution in [0.3, 0.4) is 0 Å². The highest BCUT2D eigenvalue weighted by Gasteiger charge is 2.07. The molecule has 88 valence electrons. The number of carbonyl (C=O) groups is 1. The lowest BCUT2D eigenvalue weighted by Crippen LogP contribution is -2.32.